The summed E-state index contributed by atoms with van der Waals surface area (Å²) in [5.41, 5.74) is 3.36. The number of allylic oxidation sites excluding steroid dienone is 1. The molecule has 25 heavy (non-hydrogen) atoms. The molecule has 0 N–H and O–H groups in total. The number of nitro groups is 1. The van der Waals surface area contributed by atoms with E-state index >= 15 is 0 Å². The van der Waals surface area contributed by atoms with Crippen molar-refractivity contribution >= 4 is 23.0 Å². The summed E-state index contributed by atoms with van der Waals surface area (Å²) in [5, 5.41) is 20.5. The Bertz CT molecular complexity index is 1040. The molecule has 0 aliphatic carbocycles. The Hall–Kier alpha value is -3.66. The number of nitro benzene ring substituents is 1. The normalized spacial score (nSPS) is 11.3. The zero-order valence-electron chi connectivity index (χ0n) is 13.6. The van der Waals surface area contributed by atoms with Gasteiger partial charge in [0, 0.05) is 12.3 Å². The van der Waals surface area contributed by atoms with E-state index in [1.54, 1.807) is 12.3 Å². The molecular weight excluding hydrogens is 320 g/mol. The highest BCUT2D eigenvalue weighted by molar-refractivity contribution is 5.90. The molecule has 3 rings (SSSR count). The van der Waals surface area contributed by atoms with E-state index in [9.17, 15) is 15.4 Å². The van der Waals surface area contributed by atoms with Crippen molar-refractivity contribution < 1.29 is 9.66 Å². The van der Waals surface area contributed by atoms with Crippen molar-refractivity contribution in [3.05, 3.63) is 69.7 Å². The van der Waals surface area contributed by atoms with Crippen LogP contribution in [0.5, 0.6) is 5.75 Å². The molecule has 1 aromatic carbocycles. The van der Waals surface area contributed by atoms with Gasteiger partial charge in [0.1, 0.15) is 5.65 Å². The smallest absolute Gasteiger partial charge is 0.310 e. The van der Waals surface area contributed by atoms with Crippen LogP contribution < -0.4 is 4.74 Å². The van der Waals surface area contributed by atoms with E-state index < -0.39 is 4.92 Å². The van der Waals surface area contributed by atoms with Crippen molar-refractivity contribution in [3.63, 3.8) is 0 Å². The van der Waals surface area contributed by atoms with Crippen molar-refractivity contribution in [2.75, 3.05) is 7.11 Å². The minimum Gasteiger partial charge on any atom is -0.490 e. The average Bonchev–Trinajstić information content (AvgIpc) is 3.00. The molecule has 0 saturated carbocycles. The summed E-state index contributed by atoms with van der Waals surface area (Å²) in [4.78, 5) is 14.8. The van der Waals surface area contributed by atoms with Crippen LogP contribution in [-0.4, -0.2) is 21.4 Å². The molecule has 7 heteroatoms. The number of aromatic nitrogens is 2. The van der Waals surface area contributed by atoms with E-state index in [2.05, 4.69) is 11.1 Å². The zero-order chi connectivity index (χ0) is 18.0. The minimum atomic E-state index is -0.523. The van der Waals surface area contributed by atoms with E-state index in [1.165, 1.54) is 25.3 Å². The first-order valence-corrected chi connectivity index (χ1v) is 7.42. The van der Waals surface area contributed by atoms with Crippen molar-refractivity contribution in [3.8, 4) is 11.8 Å². The summed E-state index contributed by atoms with van der Waals surface area (Å²) >= 11 is 0. The lowest BCUT2D eigenvalue weighted by Crippen LogP contribution is -1.95. The average molecular weight is 334 g/mol. The molecule has 2 aromatic heterocycles. The Morgan fingerprint density at radius 2 is 2.20 bits per heavy atom. The molecule has 0 radical (unpaired) electrons. The Morgan fingerprint density at radius 1 is 1.40 bits per heavy atom. The molecule has 0 saturated heterocycles. The van der Waals surface area contributed by atoms with Gasteiger partial charge < -0.3 is 9.14 Å². The van der Waals surface area contributed by atoms with Gasteiger partial charge in [-0.15, -0.1) is 0 Å². The van der Waals surface area contributed by atoms with Crippen LogP contribution in [0, 0.1) is 28.4 Å². The van der Waals surface area contributed by atoms with Gasteiger partial charge >= 0.3 is 5.69 Å². The van der Waals surface area contributed by atoms with Crippen LogP contribution in [0.4, 0.5) is 5.69 Å². The highest BCUT2D eigenvalue weighted by Crippen LogP contribution is 2.30. The van der Waals surface area contributed by atoms with Crippen molar-refractivity contribution in [1.29, 1.82) is 5.26 Å². The van der Waals surface area contributed by atoms with Crippen molar-refractivity contribution in [2.45, 2.75) is 6.92 Å². The maximum atomic E-state index is 11.0. The SMILES string of the molecule is COc1cc(C(C#N)=Cc2cnc3cc(C)ccn23)ccc1[N+](=O)[O-]. The van der Waals surface area contributed by atoms with E-state index in [0.29, 0.717) is 11.1 Å². The lowest BCUT2D eigenvalue weighted by Gasteiger charge is -2.05. The Labute approximate surface area is 143 Å². The molecule has 0 amide bonds. The third-order valence-corrected chi connectivity index (χ3v) is 3.80. The number of ether oxygens (including phenoxy) is 1. The number of aryl methyl sites for hydroxylation is 1. The first-order valence-electron chi connectivity index (χ1n) is 7.42. The zero-order valence-corrected chi connectivity index (χ0v) is 13.6. The van der Waals surface area contributed by atoms with Crippen LogP contribution in [0.25, 0.3) is 17.3 Å². The molecule has 3 aromatic rings. The van der Waals surface area contributed by atoms with Gasteiger partial charge in [-0.1, -0.05) is 0 Å². The largest absolute Gasteiger partial charge is 0.490 e. The summed E-state index contributed by atoms with van der Waals surface area (Å²) in [5.74, 6) is 0.109. The number of fused-ring (bicyclic) bond motifs is 1. The lowest BCUT2D eigenvalue weighted by molar-refractivity contribution is -0.385. The Balaban J connectivity index is 2.09. The van der Waals surface area contributed by atoms with Gasteiger partial charge in [0.15, 0.2) is 5.75 Å². The van der Waals surface area contributed by atoms with Gasteiger partial charge in [0.25, 0.3) is 0 Å². The second-order valence-electron chi connectivity index (χ2n) is 5.43. The number of nitriles is 1. The van der Waals surface area contributed by atoms with Crippen LogP contribution in [0.3, 0.4) is 0 Å². The first kappa shape index (κ1) is 16.2. The van der Waals surface area contributed by atoms with Crippen molar-refractivity contribution in [1.82, 2.24) is 9.38 Å². The van der Waals surface area contributed by atoms with Crippen LogP contribution in [0.1, 0.15) is 16.8 Å². The highest BCUT2D eigenvalue weighted by atomic mass is 16.6. The van der Waals surface area contributed by atoms with Gasteiger partial charge in [0.05, 0.1) is 35.6 Å². The standard InChI is InChI=1S/C18H14N4O3/c1-12-5-6-21-15(11-20-18(21)7-12)8-14(10-19)13-3-4-16(22(23)24)17(9-13)25-2/h3-9,11H,1-2H3. The number of nitrogens with zero attached hydrogens (tertiary/aromatic N) is 4. The van der Waals surface area contributed by atoms with Gasteiger partial charge in [-0.3, -0.25) is 10.1 Å². The molecule has 0 atom stereocenters. The second kappa shape index (κ2) is 6.45. The number of hydrogen-bond donors (Lipinski definition) is 0. The predicted octanol–water partition coefficient (Wildman–Crippen LogP) is 3.62. The number of methoxy groups -OCH3 is 1. The molecule has 0 bridgehead atoms. The summed E-state index contributed by atoms with van der Waals surface area (Å²) in [6.07, 6.45) is 5.25. The third-order valence-electron chi connectivity index (χ3n) is 3.80. The number of imidazole rings is 1. The van der Waals surface area contributed by atoms with E-state index in [0.717, 1.165) is 16.9 Å². The van der Waals surface area contributed by atoms with Gasteiger partial charge in [-0.05, 0) is 48.4 Å². The molecule has 7 nitrogen and oxygen atoms in total. The molecule has 124 valence electrons. The number of pyridine rings is 1. The summed E-state index contributed by atoms with van der Waals surface area (Å²) < 4.78 is 6.93. The van der Waals surface area contributed by atoms with E-state index in [1.807, 2.05) is 29.7 Å². The van der Waals surface area contributed by atoms with Gasteiger partial charge in [0.2, 0.25) is 0 Å². The quantitative estimate of drug-likeness (QED) is 0.412. The fourth-order valence-corrected chi connectivity index (χ4v) is 2.53. The lowest BCUT2D eigenvalue weighted by atomic mass is 10.0. The van der Waals surface area contributed by atoms with Crippen LogP contribution in [0.15, 0.2) is 42.7 Å². The second-order valence-corrected chi connectivity index (χ2v) is 5.43. The van der Waals surface area contributed by atoms with Gasteiger partial charge in [-0.2, -0.15) is 5.26 Å². The molecular formula is C18H14N4O3. The van der Waals surface area contributed by atoms with Crippen LogP contribution in [-0.2, 0) is 0 Å². The van der Waals surface area contributed by atoms with Crippen LogP contribution in [0.2, 0.25) is 0 Å². The Morgan fingerprint density at radius 3 is 2.88 bits per heavy atom. The highest BCUT2D eigenvalue weighted by Gasteiger charge is 2.16. The summed E-state index contributed by atoms with van der Waals surface area (Å²) in [6.45, 7) is 1.98. The minimum absolute atomic E-state index is 0.109. The summed E-state index contributed by atoms with van der Waals surface area (Å²) in [6, 6.07) is 10.4. The third kappa shape index (κ3) is 3.05. The summed E-state index contributed by atoms with van der Waals surface area (Å²) in [7, 11) is 1.36. The molecule has 2 heterocycles. The molecule has 0 aliphatic heterocycles. The van der Waals surface area contributed by atoms with E-state index in [-0.39, 0.29) is 11.4 Å². The first-order chi connectivity index (χ1) is 12.0. The number of rotatable bonds is 4. The fraction of sp³-hybridized carbons (Fsp3) is 0.111. The molecule has 0 spiro atoms. The Kier molecular flexibility index (Phi) is 4.18. The fourth-order valence-electron chi connectivity index (χ4n) is 2.53. The maximum absolute atomic E-state index is 11.0. The van der Waals surface area contributed by atoms with Crippen LogP contribution >= 0.6 is 0 Å². The topological polar surface area (TPSA) is 93.5 Å². The maximum Gasteiger partial charge on any atom is 0.310 e. The molecule has 0 unspecified atom stereocenters. The predicted molar refractivity (Wildman–Crippen MR) is 93.1 cm³/mol. The molecule has 0 aliphatic rings. The monoisotopic (exact) mass is 334 g/mol. The van der Waals surface area contributed by atoms with Gasteiger partial charge in [-0.25, -0.2) is 4.98 Å². The number of benzene rings is 1. The van der Waals surface area contributed by atoms with E-state index in [4.69, 9.17) is 4.74 Å². The van der Waals surface area contributed by atoms with Crippen molar-refractivity contribution in [2.24, 2.45) is 0 Å². The molecule has 0 fully saturated rings. The number of hydrogen-bond acceptors (Lipinski definition) is 5.